The fraction of sp³-hybridized carbons (Fsp3) is 0.150. The molecule has 2 aromatic heterocycles. The molecule has 152 valence electrons. The second-order valence-corrected chi connectivity index (χ2v) is 6.88. The van der Waals surface area contributed by atoms with Gasteiger partial charge in [0.05, 0.1) is 16.8 Å². The predicted molar refractivity (Wildman–Crippen MR) is 102 cm³/mol. The van der Waals surface area contributed by atoms with Gasteiger partial charge < -0.3 is 20.0 Å². The number of nitrogens with zero attached hydrogens (tertiary/aromatic N) is 2. The molecule has 1 saturated heterocycles. The van der Waals surface area contributed by atoms with Crippen LogP contribution >= 0.6 is 0 Å². The Bertz CT molecular complexity index is 1270. The second-order valence-electron chi connectivity index (χ2n) is 6.88. The molecule has 3 heterocycles. The van der Waals surface area contributed by atoms with Crippen molar-refractivity contribution >= 4 is 22.8 Å². The number of halogens is 3. The monoisotopic (exact) mass is 413 g/mol. The Balaban J connectivity index is 1.65. The van der Waals surface area contributed by atoms with E-state index in [2.05, 4.69) is 25.8 Å². The number of hydrogen-bond acceptors (Lipinski definition) is 5. The van der Waals surface area contributed by atoms with Gasteiger partial charge in [0.1, 0.15) is 23.5 Å². The number of nitrogens with one attached hydrogen (secondary N) is 3. The summed E-state index contributed by atoms with van der Waals surface area (Å²) in [6.07, 6.45) is 0.556. The Morgan fingerprint density at radius 3 is 2.60 bits per heavy atom. The van der Waals surface area contributed by atoms with E-state index in [1.165, 1.54) is 24.3 Å². The summed E-state index contributed by atoms with van der Waals surface area (Å²) in [6.45, 7) is 0.535. The molecule has 10 heteroatoms. The van der Waals surface area contributed by atoms with Gasteiger partial charge in [-0.2, -0.15) is 0 Å². The van der Waals surface area contributed by atoms with Crippen LogP contribution in [0.2, 0.25) is 0 Å². The van der Waals surface area contributed by atoms with E-state index in [0.717, 1.165) is 12.1 Å². The molecule has 7 nitrogen and oxygen atoms in total. The maximum absolute atomic E-state index is 14.4. The molecule has 1 fully saturated rings. The number of carbonyl (C=O) groups excluding carboxylic acids is 1. The number of carbonyl (C=O) groups is 1. The first kappa shape index (κ1) is 18.2. The summed E-state index contributed by atoms with van der Waals surface area (Å²) in [5, 5.41) is 13.6. The van der Waals surface area contributed by atoms with Gasteiger partial charge in [0.15, 0.2) is 0 Å². The van der Waals surface area contributed by atoms with E-state index in [1.54, 1.807) is 0 Å². The summed E-state index contributed by atoms with van der Waals surface area (Å²) in [6, 6.07) is 6.90. The Morgan fingerprint density at radius 1 is 1.07 bits per heavy atom. The normalized spacial score (nSPS) is 16.2. The maximum Gasteiger partial charge on any atom is 0.316 e. The molecule has 0 aliphatic carbocycles. The highest BCUT2D eigenvalue weighted by atomic mass is 19.1. The van der Waals surface area contributed by atoms with Crippen LogP contribution in [0.5, 0.6) is 0 Å². The lowest BCUT2D eigenvalue weighted by Crippen LogP contribution is -2.29. The van der Waals surface area contributed by atoms with Crippen molar-refractivity contribution in [2.24, 2.45) is 0 Å². The van der Waals surface area contributed by atoms with Crippen LogP contribution in [0.25, 0.3) is 33.6 Å². The van der Waals surface area contributed by atoms with E-state index in [1.807, 2.05) is 0 Å². The second kappa shape index (κ2) is 6.90. The molecule has 1 aliphatic rings. The van der Waals surface area contributed by atoms with E-state index in [9.17, 15) is 18.0 Å². The van der Waals surface area contributed by atoms with E-state index < -0.39 is 23.5 Å². The van der Waals surface area contributed by atoms with Gasteiger partial charge in [-0.3, -0.25) is 4.79 Å². The number of H-pyrrole nitrogens is 1. The Kier molecular flexibility index (Phi) is 4.19. The van der Waals surface area contributed by atoms with Gasteiger partial charge in [-0.05, 0) is 42.3 Å². The lowest BCUT2D eigenvalue weighted by Gasteiger charge is -2.05. The number of aromatic amines is 1. The van der Waals surface area contributed by atoms with Crippen LogP contribution in [0.15, 0.2) is 40.8 Å². The standard InChI is InChI=1S/C20H14F3N5O2/c21-10-3-1-9(2-4-10)16-15(12-7-11(22)8-13(23)17(12)26-16)19-27-28-20(30-19)25-14-5-6-24-18(14)29/h1-4,7-8,14,26H,5-6H2,(H,24,29)(H,25,28)/t14-/m1/s1. The molecule has 1 atom stereocenters. The quantitative estimate of drug-likeness (QED) is 0.475. The molecule has 0 unspecified atom stereocenters. The maximum atomic E-state index is 14.4. The van der Waals surface area contributed by atoms with Crippen molar-refractivity contribution < 1.29 is 22.4 Å². The average molecular weight is 413 g/mol. The van der Waals surface area contributed by atoms with Gasteiger partial charge in [0, 0.05) is 18.0 Å². The SMILES string of the molecule is O=C1NCC[C@H]1Nc1nnc(-c2c(-c3ccc(F)cc3)[nH]c3c(F)cc(F)cc23)o1. The van der Waals surface area contributed by atoms with Gasteiger partial charge in [0.25, 0.3) is 5.89 Å². The van der Waals surface area contributed by atoms with Crippen LogP contribution in [0.1, 0.15) is 6.42 Å². The third-order valence-electron chi connectivity index (χ3n) is 4.94. The van der Waals surface area contributed by atoms with Crippen LogP contribution in [-0.4, -0.2) is 33.7 Å². The van der Waals surface area contributed by atoms with Gasteiger partial charge in [-0.15, -0.1) is 5.10 Å². The van der Waals surface area contributed by atoms with Crippen molar-refractivity contribution in [3.8, 4) is 22.7 Å². The van der Waals surface area contributed by atoms with Crippen molar-refractivity contribution in [1.82, 2.24) is 20.5 Å². The minimum absolute atomic E-state index is 0.00308. The number of hydrogen-bond donors (Lipinski definition) is 3. The van der Waals surface area contributed by atoms with Crippen molar-refractivity contribution in [3.05, 3.63) is 53.8 Å². The first-order valence-corrected chi connectivity index (χ1v) is 9.14. The molecule has 1 aliphatic heterocycles. The number of amides is 1. The van der Waals surface area contributed by atoms with Crippen LogP contribution < -0.4 is 10.6 Å². The summed E-state index contributed by atoms with van der Waals surface area (Å²) in [7, 11) is 0. The van der Waals surface area contributed by atoms with Gasteiger partial charge in [-0.25, -0.2) is 13.2 Å². The average Bonchev–Trinajstić information content (AvgIpc) is 3.42. The Labute approximate surface area is 167 Å². The van der Waals surface area contributed by atoms with Crippen LogP contribution in [0.4, 0.5) is 19.2 Å². The zero-order chi connectivity index (χ0) is 20.8. The van der Waals surface area contributed by atoms with Crippen LogP contribution in [0.3, 0.4) is 0 Å². The van der Waals surface area contributed by atoms with Gasteiger partial charge >= 0.3 is 6.01 Å². The minimum Gasteiger partial charge on any atom is -0.403 e. The number of benzene rings is 2. The first-order chi connectivity index (χ1) is 14.5. The van der Waals surface area contributed by atoms with Crippen LogP contribution in [0, 0.1) is 17.5 Å². The molecular formula is C20H14F3N5O2. The lowest BCUT2D eigenvalue weighted by atomic mass is 10.0. The Morgan fingerprint density at radius 2 is 1.87 bits per heavy atom. The molecule has 2 aromatic carbocycles. The van der Waals surface area contributed by atoms with Crippen molar-refractivity contribution in [3.63, 3.8) is 0 Å². The van der Waals surface area contributed by atoms with E-state index >= 15 is 0 Å². The van der Waals surface area contributed by atoms with Crippen molar-refractivity contribution in [1.29, 1.82) is 0 Å². The molecule has 5 rings (SSSR count). The number of aromatic nitrogens is 3. The molecule has 1 amide bonds. The highest BCUT2D eigenvalue weighted by Crippen LogP contribution is 2.39. The summed E-state index contributed by atoms with van der Waals surface area (Å²) in [4.78, 5) is 14.7. The fourth-order valence-electron chi connectivity index (χ4n) is 3.54. The Hall–Kier alpha value is -3.82. The highest BCUT2D eigenvalue weighted by molar-refractivity contribution is 6.02. The molecule has 4 aromatic rings. The summed E-state index contributed by atoms with van der Waals surface area (Å²) >= 11 is 0. The molecular weight excluding hydrogens is 399 g/mol. The van der Waals surface area contributed by atoms with E-state index in [0.29, 0.717) is 24.2 Å². The summed E-state index contributed by atoms with van der Waals surface area (Å²) in [5.41, 5.74) is 1.20. The van der Waals surface area contributed by atoms with Crippen LogP contribution in [-0.2, 0) is 4.79 Å². The highest BCUT2D eigenvalue weighted by Gasteiger charge is 2.27. The largest absolute Gasteiger partial charge is 0.403 e. The van der Waals surface area contributed by atoms with E-state index in [-0.39, 0.29) is 34.3 Å². The summed E-state index contributed by atoms with van der Waals surface area (Å²) in [5.74, 6) is -2.19. The number of fused-ring (bicyclic) bond motifs is 1. The third kappa shape index (κ3) is 3.06. The van der Waals surface area contributed by atoms with Crippen molar-refractivity contribution in [2.45, 2.75) is 12.5 Å². The minimum atomic E-state index is -0.792. The van der Waals surface area contributed by atoms with Gasteiger partial charge in [0.2, 0.25) is 5.91 Å². The molecule has 30 heavy (non-hydrogen) atoms. The molecule has 0 saturated carbocycles. The molecule has 0 bridgehead atoms. The van der Waals surface area contributed by atoms with E-state index in [4.69, 9.17) is 4.42 Å². The lowest BCUT2D eigenvalue weighted by molar-refractivity contribution is -0.119. The zero-order valence-electron chi connectivity index (χ0n) is 15.3. The first-order valence-electron chi connectivity index (χ1n) is 9.14. The summed E-state index contributed by atoms with van der Waals surface area (Å²) < 4.78 is 47.4. The van der Waals surface area contributed by atoms with Gasteiger partial charge in [-0.1, -0.05) is 5.10 Å². The third-order valence-corrected chi connectivity index (χ3v) is 4.94. The number of anilines is 1. The van der Waals surface area contributed by atoms with Crippen molar-refractivity contribution in [2.75, 3.05) is 11.9 Å². The fourth-order valence-corrected chi connectivity index (χ4v) is 3.54. The molecule has 0 spiro atoms. The topological polar surface area (TPSA) is 95.8 Å². The molecule has 0 radical (unpaired) electrons. The smallest absolute Gasteiger partial charge is 0.316 e. The molecule has 3 N–H and O–H groups in total. The predicted octanol–water partition coefficient (Wildman–Crippen LogP) is 3.60. The zero-order valence-corrected chi connectivity index (χ0v) is 15.3. The number of rotatable bonds is 4.